The summed E-state index contributed by atoms with van der Waals surface area (Å²) >= 11 is 0. The molecule has 1 saturated carbocycles. The first-order chi connectivity index (χ1) is 12.6. The number of amides is 2. The van der Waals surface area contributed by atoms with Gasteiger partial charge in [0.25, 0.3) is 0 Å². The van der Waals surface area contributed by atoms with E-state index < -0.39 is 0 Å². The molecule has 1 aliphatic carbocycles. The summed E-state index contributed by atoms with van der Waals surface area (Å²) in [5, 5.41) is 5.83. The van der Waals surface area contributed by atoms with Gasteiger partial charge >= 0.3 is 0 Å². The van der Waals surface area contributed by atoms with Crippen LogP contribution in [0.1, 0.15) is 45.0 Å². The van der Waals surface area contributed by atoms with Crippen molar-refractivity contribution in [1.82, 2.24) is 20.6 Å². The number of carbonyl (C=O) groups is 2. The number of rotatable bonds is 8. The zero-order valence-corrected chi connectivity index (χ0v) is 15.3. The van der Waals surface area contributed by atoms with E-state index >= 15 is 0 Å². The number of nitrogens with one attached hydrogen (secondary N) is 3. The molecule has 3 rings (SSSR count). The third kappa shape index (κ3) is 4.50. The Balaban J connectivity index is 1.50. The monoisotopic (exact) mass is 354 g/mol. The molecule has 0 aliphatic heterocycles. The van der Waals surface area contributed by atoms with Crippen molar-refractivity contribution < 1.29 is 9.59 Å². The molecule has 1 heterocycles. The largest absolute Gasteiger partial charge is 0.355 e. The summed E-state index contributed by atoms with van der Waals surface area (Å²) in [6.07, 6.45) is 3.75. The Morgan fingerprint density at radius 2 is 2.04 bits per heavy atom. The smallest absolute Gasteiger partial charge is 0.223 e. The van der Waals surface area contributed by atoms with Crippen LogP contribution in [0.4, 0.5) is 0 Å². The van der Waals surface area contributed by atoms with Crippen LogP contribution in [-0.4, -0.2) is 28.3 Å². The van der Waals surface area contributed by atoms with Crippen molar-refractivity contribution in [3.8, 4) is 11.3 Å². The van der Waals surface area contributed by atoms with Crippen molar-refractivity contribution in [2.75, 3.05) is 6.54 Å². The lowest BCUT2D eigenvalue weighted by Crippen LogP contribution is -2.33. The second-order valence-corrected chi connectivity index (χ2v) is 6.94. The minimum Gasteiger partial charge on any atom is -0.355 e. The maximum absolute atomic E-state index is 12.2. The standard InChI is InChI=1S/C20H26N4O2/c1-3-16(19-22-12-17(24-19)14-7-5-4-6-8-14)23-18(25)9-10-21-20(26)15-11-13(15)2/h4-8,12-13,15-16H,3,9-11H2,1-2H3,(H,21,26)(H,22,24)(H,23,25). The van der Waals surface area contributed by atoms with Crippen molar-refractivity contribution in [2.45, 2.75) is 39.2 Å². The van der Waals surface area contributed by atoms with Crippen LogP contribution in [0.3, 0.4) is 0 Å². The van der Waals surface area contributed by atoms with E-state index in [0.29, 0.717) is 12.5 Å². The molecule has 1 fully saturated rings. The van der Waals surface area contributed by atoms with Gasteiger partial charge in [-0.2, -0.15) is 0 Å². The van der Waals surface area contributed by atoms with E-state index in [2.05, 4.69) is 27.5 Å². The molecule has 1 aromatic carbocycles. The Labute approximate surface area is 153 Å². The summed E-state index contributed by atoms with van der Waals surface area (Å²) in [6, 6.07) is 9.79. The summed E-state index contributed by atoms with van der Waals surface area (Å²) in [4.78, 5) is 31.7. The molecule has 0 spiro atoms. The molecule has 6 heteroatoms. The maximum Gasteiger partial charge on any atom is 0.223 e. The molecule has 6 nitrogen and oxygen atoms in total. The lowest BCUT2D eigenvalue weighted by atomic mass is 10.2. The highest BCUT2D eigenvalue weighted by atomic mass is 16.2. The van der Waals surface area contributed by atoms with Gasteiger partial charge in [-0.05, 0) is 24.3 Å². The topological polar surface area (TPSA) is 86.9 Å². The van der Waals surface area contributed by atoms with Gasteiger partial charge in [0.1, 0.15) is 5.82 Å². The van der Waals surface area contributed by atoms with Crippen LogP contribution in [0.25, 0.3) is 11.3 Å². The number of aromatic amines is 1. The SMILES string of the molecule is CCC(NC(=O)CCNC(=O)C1CC1C)c1ncc(-c2ccccc2)[nH]1. The number of nitrogens with zero attached hydrogens (tertiary/aromatic N) is 1. The van der Waals surface area contributed by atoms with Gasteiger partial charge in [-0.15, -0.1) is 0 Å². The van der Waals surface area contributed by atoms with Crippen LogP contribution in [0.15, 0.2) is 36.5 Å². The molecule has 3 unspecified atom stereocenters. The average Bonchev–Trinajstić information content (AvgIpc) is 3.19. The predicted molar refractivity (Wildman–Crippen MR) is 100 cm³/mol. The minimum absolute atomic E-state index is 0.0656. The average molecular weight is 354 g/mol. The first-order valence-corrected chi connectivity index (χ1v) is 9.26. The van der Waals surface area contributed by atoms with E-state index in [-0.39, 0.29) is 30.2 Å². The molecular weight excluding hydrogens is 328 g/mol. The summed E-state index contributed by atoms with van der Waals surface area (Å²) in [6.45, 7) is 4.44. The molecule has 2 amide bonds. The number of H-pyrrole nitrogens is 1. The second kappa shape index (κ2) is 8.17. The predicted octanol–water partition coefficient (Wildman–Crippen LogP) is 2.81. The maximum atomic E-state index is 12.2. The van der Waals surface area contributed by atoms with E-state index in [1.807, 2.05) is 37.3 Å². The van der Waals surface area contributed by atoms with Gasteiger partial charge in [-0.3, -0.25) is 9.59 Å². The van der Waals surface area contributed by atoms with E-state index in [4.69, 9.17) is 0 Å². The molecule has 3 N–H and O–H groups in total. The van der Waals surface area contributed by atoms with Crippen LogP contribution >= 0.6 is 0 Å². The number of hydrogen-bond acceptors (Lipinski definition) is 3. The van der Waals surface area contributed by atoms with Gasteiger partial charge in [0.2, 0.25) is 11.8 Å². The first kappa shape index (κ1) is 18.2. The van der Waals surface area contributed by atoms with E-state index in [0.717, 1.165) is 29.9 Å². The number of imidazole rings is 1. The third-order valence-corrected chi connectivity index (χ3v) is 4.85. The van der Waals surface area contributed by atoms with Gasteiger partial charge in [0, 0.05) is 18.9 Å². The normalized spacial score (nSPS) is 19.6. The molecule has 1 aliphatic rings. The molecule has 1 aromatic heterocycles. The molecule has 0 bridgehead atoms. The fraction of sp³-hybridized carbons (Fsp3) is 0.450. The van der Waals surface area contributed by atoms with Gasteiger partial charge in [0.05, 0.1) is 17.9 Å². The number of carbonyl (C=O) groups excluding carboxylic acids is 2. The van der Waals surface area contributed by atoms with Crippen LogP contribution in [0.5, 0.6) is 0 Å². The van der Waals surface area contributed by atoms with Crippen molar-refractivity contribution in [3.63, 3.8) is 0 Å². The highest BCUT2D eigenvalue weighted by molar-refractivity contribution is 5.82. The van der Waals surface area contributed by atoms with Crippen molar-refractivity contribution in [3.05, 3.63) is 42.4 Å². The Bertz CT molecular complexity index is 756. The first-order valence-electron chi connectivity index (χ1n) is 9.26. The summed E-state index contributed by atoms with van der Waals surface area (Å²) < 4.78 is 0. The molecule has 2 aromatic rings. The number of benzene rings is 1. The highest BCUT2D eigenvalue weighted by Gasteiger charge is 2.38. The minimum atomic E-state index is -0.167. The van der Waals surface area contributed by atoms with Crippen LogP contribution in [0, 0.1) is 11.8 Å². The number of hydrogen-bond donors (Lipinski definition) is 3. The third-order valence-electron chi connectivity index (χ3n) is 4.85. The van der Waals surface area contributed by atoms with Gasteiger partial charge < -0.3 is 15.6 Å². The van der Waals surface area contributed by atoms with Crippen LogP contribution < -0.4 is 10.6 Å². The van der Waals surface area contributed by atoms with Gasteiger partial charge in [-0.1, -0.05) is 44.2 Å². The Morgan fingerprint density at radius 3 is 2.69 bits per heavy atom. The van der Waals surface area contributed by atoms with E-state index in [1.54, 1.807) is 6.20 Å². The van der Waals surface area contributed by atoms with Crippen LogP contribution in [0.2, 0.25) is 0 Å². The molecule has 0 saturated heterocycles. The van der Waals surface area contributed by atoms with Crippen molar-refractivity contribution >= 4 is 11.8 Å². The lowest BCUT2D eigenvalue weighted by molar-refractivity contribution is -0.123. The fourth-order valence-electron chi connectivity index (χ4n) is 3.03. The fourth-order valence-corrected chi connectivity index (χ4v) is 3.03. The summed E-state index contributed by atoms with van der Waals surface area (Å²) in [5.74, 6) is 1.34. The second-order valence-electron chi connectivity index (χ2n) is 6.94. The summed E-state index contributed by atoms with van der Waals surface area (Å²) in [5.41, 5.74) is 1.99. The summed E-state index contributed by atoms with van der Waals surface area (Å²) in [7, 11) is 0. The van der Waals surface area contributed by atoms with Crippen molar-refractivity contribution in [2.24, 2.45) is 11.8 Å². The molecule has 0 radical (unpaired) electrons. The molecule has 3 atom stereocenters. The zero-order valence-electron chi connectivity index (χ0n) is 15.3. The quantitative estimate of drug-likeness (QED) is 0.681. The Morgan fingerprint density at radius 1 is 1.31 bits per heavy atom. The highest BCUT2D eigenvalue weighted by Crippen LogP contribution is 2.37. The van der Waals surface area contributed by atoms with E-state index in [9.17, 15) is 9.59 Å². The lowest BCUT2D eigenvalue weighted by Gasteiger charge is -2.15. The Kier molecular flexibility index (Phi) is 5.71. The Hall–Kier alpha value is -2.63. The van der Waals surface area contributed by atoms with Gasteiger partial charge in [0.15, 0.2) is 0 Å². The van der Waals surface area contributed by atoms with Crippen molar-refractivity contribution in [1.29, 1.82) is 0 Å². The molecule has 138 valence electrons. The molecular formula is C20H26N4O2. The van der Waals surface area contributed by atoms with Gasteiger partial charge in [-0.25, -0.2) is 4.98 Å². The zero-order chi connectivity index (χ0) is 18.5. The molecule has 26 heavy (non-hydrogen) atoms. The van der Waals surface area contributed by atoms with Crippen LogP contribution in [-0.2, 0) is 9.59 Å². The van der Waals surface area contributed by atoms with E-state index in [1.165, 1.54) is 0 Å². The number of aromatic nitrogens is 2.